The minimum absolute atomic E-state index is 0.602. The van der Waals surface area contributed by atoms with Crippen LogP contribution in [-0.4, -0.2) is 18.6 Å². The quantitative estimate of drug-likeness (QED) is 0.908. The van der Waals surface area contributed by atoms with E-state index >= 15 is 0 Å². The molecule has 0 atom stereocenters. The summed E-state index contributed by atoms with van der Waals surface area (Å²) < 4.78 is 5.42. The summed E-state index contributed by atoms with van der Waals surface area (Å²) in [5.41, 5.74) is 3.05. The summed E-state index contributed by atoms with van der Waals surface area (Å²) in [7, 11) is 1.67. The second-order valence-corrected chi connectivity index (χ2v) is 5.28. The minimum Gasteiger partial charge on any atom is -0.494 e. The lowest BCUT2D eigenvalue weighted by Crippen LogP contribution is -2.01. The SMILES string of the molecule is CCNc1cc(C2CC2)nc2c(OC)ccc(Cl)c12. The van der Waals surface area contributed by atoms with Crippen LogP contribution in [0.3, 0.4) is 0 Å². The van der Waals surface area contributed by atoms with Crippen LogP contribution in [0.5, 0.6) is 5.75 Å². The van der Waals surface area contributed by atoms with Gasteiger partial charge in [0.1, 0.15) is 11.3 Å². The number of methoxy groups -OCH3 is 1. The van der Waals surface area contributed by atoms with Crippen molar-refractivity contribution in [3.8, 4) is 5.75 Å². The second kappa shape index (κ2) is 4.89. The molecule has 0 bridgehead atoms. The van der Waals surface area contributed by atoms with Gasteiger partial charge in [-0.1, -0.05) is 11.6 Å². The lowest BCUT2D eigenvalue weighted by Gasteiger charge is -2.14. The van der Waals surface area contributed by atoms with Crippen LogP contribution in [-0.2, 0) is 0 Å². The van der Waals surface area contributed by atoms with E-state index in [-0.39, 0.29) is 0 Å². The van der Waals surface area contributed by atoms with Crippen molar-refractivity contribution in [2.24, 2.45) is 0 Å². The molecule has 0 unspecified atom stereocenters. The highest BCUT2D eigenvalue weighted by Crippen LogP contribution is 2.43. The number of hydrogen-bond acceptors (Lipinski definition) is 3. The lowest BCUT2D eigenvalue weighted by molar-refractivity contribution is 0.419. The molecule has 0 radical (unpaired) electrons. The highest BCUT2D eigenvalue weighted by atomic mass is 35.5. The maximum atomic E-state index is 6.34. The van der Waals surface area contributed by atoms with Crippen molar-refractivity contribution in [2.75, 3.05) is 19.0 Å². The molecular weight excluding hydrogens is 260 g/mol. The first kappa shape index (κ1) is 12.5. The second-order valence-electron chi connectivity index (χ2n) is 4.87. The number of anilines is 1. The Balaban J connectivity index is 2.29. The summed E-state index contributed by atoms with van der Waals surface area (Å²) in [4.78, 5) is 4.76. The van der Waals surface area contributed by atoms with Gasteiger partial charge in [0.25, 0.3) is 0 Å². The summed E-state index contributed by atoms with van der Waals surface area (Å²) in [5.74, 6) is 1.38. The third-order valence-electron chi connectivity index (χ3n) is 3.48. The molecule has 1 aromatic carbocycles. The molecule has 0 spiro atoms. The van der Waals surface area contributed by atoms with E-state index < -0.39 is 0 Å². The number of benzene rings is 1. The van der Waals surface area contributed by atoms with Crippen LogP contribution in [0.1, 0.15) is 31.4 Å². The van der Waals surface area contributed by atoms with Crippen molar-refractivity contribution in [1.29, 1.82) is 0 Å². The Morgan fingerprint density at radius 2 is 2.21 bits per heavy atom. The smallest absolute Gasteiger partial charge is 0.145 e. The first-order chi connectivity index (χ1) is 9.24. The molecule has 3 nitrogen and oxygen atoms in total. The van der Waals surface area contributed by atoms with E-state index in [0.29, 0.717) is 10.9 Å². The van der Waals surface area contributed by atoms with E-state index in [1.807, 2.05) is 12.1 Å². The van der Waals surface area contributed by atoms with Crippen LogP contribution in [0.4, 0.5) is 5.69 Å². The molecule has 1 fully saturated rings. The molecule has 1 aliphatic carbocycles. The van der Waals surface area contributed by atoms with Gasteiger partial charge in [0.15, 0.2) is 0 Å². The zero-order chi connectivity index (χ0) is 13.4. The molecule has 2 aromatic rings. The molecule has 1 aromatic heterocycles. The fourth-order valence-electron chi connectivity index (χ4n) is 2.38. The average Bonchev–Trinajstić information content (AvgIpc) is 3.23. The first-order valence-electron chi connectivity index (χ1n) is 6.65. The maximum Gasteiger partial charge on any atom is 0.145 e. The summed E-state index contributed by atoms with van der Waals surface area (Å²) in [6, 6.07) is 5.88. The van der Waals surface area contributed by atoms with Crippen LogP contribution in [0.2, 0.25) is 5.02 Å². The third-order valence-corrected chi connectivity index (χ3v) is 3.79. The Morgan fingerprint density at radius 1 is 1.42 bits per heavy atom. The molecule has 19 heavy (non-hydrogen) atoms. The first-order valence-corrected chi connectivity index (χ1v) is 7.03. The van der Waals surface area contributed by atoms with Gasteiger partial charge >= 0.3 is 0 Å². The van der Waals surface area contributed by atoms with Gasteiger partial charge in [-0.2, -0.15) is 0 Å². The molecule has 4 heteroatoms. The number of pyridine rings is 1. The predicted molar refractivity (Wildman–Crippen MR) is 79.4 cm³/mol. The van der Waals surface area contributed by atoms with Crippen molar-refractivity contribution in [2.45, 2.75) is 25.7 Å². The molecule has 1 N–H and O–H groups in total. The monoisotopic (exact) mass is 276 g/mol. The minimum atomic E-state index is 0.602. The van der Waals surface area contributed by atoms with Gasteiger partial charge in [-0.05, 0) is 38.0 Å². The van der Waals surface area contributed by atoms with E-state index in [9.17, 15) is 0 Å². The number of fused-ring (bicyclic) bond motifs is 1. The Labute approximate surface area is 117 Å². The van der Waals surface area contributed by atoms with E-state index in [0.717, 1.165) is 34.6 Å². The Kier molecular flexibility index (Phi) is 3.23. The average molecular weight is 277 g/mol. The van der Waals surface area contributed by atoms with E-state index in [1.165, 1.54) is 12.8 Å². The van der Waals surface area contributed by atoms with Gasteiger partial charge in [-0.25, -0.2) is 4.98 Å². The third kappa shape index (κ3) is 2.23. The number of nitrogens with one attached hydrogen (secondary N) is 1. The molecule has 100 valence electrons. The van der Waals surface area contributed by atoms with E-state index in [1.54, 1.807) is 7.11 Å². The zero-order valence-corrected chi connectivity index (χ0v) is 11.9. The van der Waals surface area contributed by atoms with Crippen LogP contribution in [0.15, 0.2) is 18.2 Å². The fraction of sp³-hybridized carbons (Fsp3) is 0.400. The number of nitrogens with zero attached hydrogens (tertiary/aromatic N) is 1. The standard InChI is InChI=1S/C15H17ClN2O/c1-3-17-12-8-11(9-4-5-9)18-15-13(19-2)7-6-10(16)14(12)15/h6-9H,3-5H2,1-2H3,(H,17,18). The number of rotatable bonds is 4. The number of ether oxygens (including phenoxy) is 1. The highest BCUT2D eigenvalue weighted by molar-refractivity contribution is 6.36. The maximum absolute atomic E-state index is 6.34. The fourth-order valence-corrected chi connectivity index (χ4v) is 2.63. The van der Waals surface area contributed by atoms with Gasteiger partial charge < -0.3 is 10.1 Å². The molecule has 1 saturated carbocycles. The Hall–Kier alpha value is -1.48. The van der Waals surface area contributed by atoms with Gasteiger partial charge in [-0.3, -0.25) is 0 Å². The topological polar surface area (TPSA) is 34.2 Å². The van der Waals surface area contributed by atoms with Crippen LogP contribution >= 0.6 is 11.6 Å². The summed E-state index contributed by atoms with van der Waals surface area (Å²) in [5, 5.41) is 5.05. The molecule has 1 heterocycles. The molecule has 0 saturated heterocycles. The number of aromatic nitrogens is 1. The molecular formula is C15H17ClN2O. The van der Waals surface area contributed by atoms with Crippen molar-refractivity contribution in [3.63, 3.8) is 0 Å². The predicted octanol–water partition coefficient (Wildman–Crippen LogP) is 4.21. The largest absolute Gasteiger partial charge is 0.494 e. The number of hydrogen-bond donors (Lipinski definition) is 1. The normalized spacial score (nSPS) is 14.7. The van der Waals surface area contributed by atoms with Gasteiger partial charge in [0.2, 0.25) is 0 Å². The zero-order valence-electron chi connectivity index (χ0n) is 11.2. The summed E-state index contributed by atoms with van der Waals surface area (Å²) in [6.07, 6.45) is 2.46. The van der Waals surface area contributed by atoms with Crippen LogP contribution < -0.4 is 10.1 Å². The number of halogens is 1. The lowest BCUT2D eigenvalue weighted by atomic mass is 10.1. The molecule has 3 rings (SSSR count). The van der Waals surface area contributed by atoms with Crippen LogP contribution in [0, 0.1) is 0 Å². The Bertz CT molecular complexity index is 623. The van der Waals surface area contributed by atoms with Gasteiger partial charge in [-0.15, -0.1) is 0 Å². The van der Waals surface area contributed by atoms with Crippen molar-refractivity contribution >= 4 is 28.2 Å². The van der Waals surface area contributed by atoms with Crippen molar-refractivity contribution in [3.05, 3.63) is 28.9 Å². The summed E-state index contributed by atoms with van der Waals surface area (Å²) >= 11 is 6.34. The summed E-state index contributed by atoms with van der Waals surface area (Å²) in [6.45, 7) is 2.94. The molecule has 0 aliphatic heterocycles. The van der Waals surface area contributed by atoms with E-state index in [2.05, 4.69) is 18.3 Å². The van der Waals surface area contributed by atoms with Gasteiger partial charge in [0.05, 0.1) is 12.1 Å². The van der Waals surface area contributed by atoms with E-state index in [4.69, 9.17) is 21.3 Å². The Morgan fingerprint density at radius 3 is 2.84 bits per heavy atom. The highest BCUT2D eigenvalue weighted by Gasteiger charge is 2.26. The van der Waals surface area contributed by atoms with Crippen molar-refractivity contribution in [1.82, 2.24) is 4.98 Å². The molecule has 1 aliphatic rings. The molecule has 0 amide bonds. The van der Waals surface area contributed by atoms with Gasteiger partial charge in [0, 0.05) is 29.2 Å². The van der Waals surface area contributed by atoms with Crippen molar-refractivity contribution < 1.29 is 4.74 Å². The van der Waals surface area contributed by atoms with Crippen LogP contribution in [0.25, 0.3) is 10.9 Å².